The van der Waals surface area contributed by atoms with Crippen LogP contribution in [0.1, 0.15) is 37.0 Å². The molecule has 1 N–H and O–H groups in total. The number of likely N-dealkylation sites (N-methyl/N-ethyl adjacent to an activating group) is 2. The van der Waals surface area contributed by atoms with Crippen LogP contribution < -0.4 is 10.2 Å². The highest BCUT2D eigenvalue weighted by molar-refractivity contribution is 5.96. The van der Waals surface area contributed by atoms with Crippen LogP contribution in [-0.2, 0) is 19.1 Å². The van der Waals surface area contributed by atoms with Crippen LogP contribution in [-0.4, -0.2) is 61.4 Å². The number of carbonyl (C=O) groups is 4. The standard InChI is InChI=1S/C19H25N3O5/c1-3-20-16(23)12-21(4-2)18(25)13-27-19(26)14-7-9-15(10-8-14)22-11-5-6-17(22)24/h7-10H,3-6,11-13H2,1-2H3,(H,20,23). The van der Waals surface area contributed by atoms with Gasteiger partial charge in [-0.2, -0.15) is 0 Å². The summed E-state index contributed by atoms with van der Waals surface area (Å²) in [6.07, 6.45) is 1.37. The molecule has 0 spiro atoms. The van der Waals surface area contributed by atoms with E-state index >= 15 is 0 Å². The topological polar surface area (TPSA) is 96.0 Å². The third-order valence-corrected chi connectivity index (χ3v) is 4.26. The van der Waals surface area contributed by atoms with Crippen LogP contribution in [0.25, 0.3) is 0 Å². The lowest BCUT2D eigenvalue weighted by Crippen LogP contribution is -2.42. The van der Waals surface area contributed by atoms with E-state index in [1.165, 1.54) is 4.90 Å². The van der Waals surface area contributed by atoms with Gasteiger partial charge in [-0.15, -0.1) is 0 Å². The predicted molar refractivity (Wildman–Crippen MR) is 99.2 cm³/mol. The summed E-state index contributed by atoms with van der Waals surface area (Å²) >= 11 is 0. The van der Waals surface area contributed by atoms with Crippen LogP contribution in [0.2, 0.25) is 0 Å². The van der Waals surface area contributed by atoms with Gasteiger partial charge < -0.3 is 19.9 Å². The first-order chi connectivity index (χ1) is 13.0. The molecule has 1 heterocycles. The van der Waals surface area contributed by atoms with Crippen LogP contribution >= 0.6 is 0 Å². The Bertz CT molecular complexity index is 702. The van der Waals surface area contributed by atoms with E-state index in [0.717, 1.165) is 12.1 Å². The molecule has 1 aliphatic rings. The van der Waals surface area contributed by atoms with E-state index in [9.17, 15) is 19.2 Å². The van der Waals surface area contributed by atoms with Crippen molar-refractivity contribution in [3.8, 4) is 0 Å². The second-order valence-electron chi connectivity index (χ2n) is 6.13. The smallest absolute Gasteiger partial charge is 0.338 e. The summed E-state index contributed by atoms with van der Waals surface area (Å²) in [5.74, 6) is -1.25. The Morgan fingerprint density at radius 2 is 1.89 bits per heavy atom. The van der Waals surface area contributed by atoms with E-state index in [2.05, 4.69) is 5.32 Å². The Morgan fingerprint density at radius 3 is 2.44 bits per heavy atom. The Balaban J connectivity index is 1.88. The van der Waals surface area contributed by atoms with Gasteiger partial charge in [0.2, 0.25) is 11.8 Å². The number of esters is 1. The van der Waals surface area contributed by atoms with Crippen LogP contribution in [0, 0.1) is 0 Å². The molecule has 8 heteroatoms. The molecule has 0 unspecified atom stereocenters. The van der Waals surface area contributed by atoms with Crippen molar-refractivity contribution in [3.05, 3.63) is 29.8 Å². The number of nitrogens with one attached hydrogen (secondary N) is 1. The molecule has 0 atom stereocenters. The number of hydrogen-bond acceptors (Lipinski definition) is 5. The normalized spacial score (nSPS) is 13.4. The average molecular weight is 375 g/mol. The van der Waals surface area contributed by atoms with Crippen molar-refractivity contribution in [2.75, 3.05) is 37.7 Å². The first-order valence-electron chi connectivity index (χ1n) is 9.08. The summed E-state index contributed by atoms with van der Waals surface area (Å²) in [5.41, 5.74) is 1.04. The highest BCUT2D eigenvalue weighted by Crippen LogP contribution is 2.21. The number of ether oxygens (including phenoxy) is 1. The van der Waals surface area contributed by atoms with E-state index in [-0.39, 0.29) is 18.4 Å². The first-order valence-corrected chi connectivity index (χ1v) is 9.08. The second kappa shape index (κ2) is 9.70. The number of hydrogen-bond donors (Lipinski definition) is 1. The van der Waals surface area contributed by atoms with Crippen molar-refractivity contribution in [2.24, 2.45) is 0 Å². The molecule has 1 fully saturated rings. The lowest BCUT2D eigenvalue weighted by molar-refractivity contribution is -0.138. The summed E-state index contributed by atoms with van der Waals surface area (Å²) in [4.78, 5) is 50.6. The lowest BCUT2D eigenvalue weighted by Gasteiger charge is -2.20. The summed E-state index contributed by atoms with van der Waals surface area (Å²) in [6.45, 7) is 4.54. The minimum atomic E-state index is -0.628. The molecule has 0 aromatic heterocycles. The second-order valence-corrected chi connectivity index (χ2v) is 6.13. The summed E-state index contributed by atoms with van der Waals surface area (Å²) in [7, 11) is 0. The highest BCUT2D eigenvalue weighted by atomic mass is 16.5. The Kier molecular flexibility index (Phi) is 7.34. The van der Waals surface area contributed by atoms with Gasteiger partial charge in [-0.3, -0.25) is 14.4 Å². The lowest BCUT2D eigenvalue weighted by atomic mass is 10.2. The molecule has 0 radical (unpaired) electrons. The fourth-order valence-electron chi connectivity index (χ4n) is 2.80. The molecular formula is C19H25N3O5. The Labute approximate surface area is 158 Å². The molecule has 2 rings (SSSR count). The fraction of sp³-hybridized carbons (Fsp3) is 0.474. The molecule has 146 valence electrons. The third kappa shape index (κ3) is 5.54. The zero-order valence-electron chi connectivity index (χ0n) is 15.7. The van der Waals surface area contributed by atoms with Crippen LogP contribution in [0.4, 0.5) is 5.69 Å². The molecule has 1 aromatic carbocycles. The van der Waals surface area contributed by atoms with Gasteiger partial charge in [0.05, 0.1) is 12.1 Å². The van der Waals surface area contributed by atoms with Crippen molar-refractivity contribution < 1.29 is 23.9 Å². The van der Waals surface area contributed by atoms with Gasteiger partial charge in [0.1, 0.15) is 0 Å². The van der Waals surface area contributed by atoms with Crippen LogP contribution in [0.15, 0.2) is 24.3 Å². The maximum Gasteiger partial charge on any atom is 0.338 e. The molecule has 8 nitrogen and oxygen atoms in total. The maximum absolute atomic E-state index is 12.1. The Hall–Kier alpha value is -2.90. The number of benzene rings is 1. The molecule has 0 bridgehead atoms. The minimum Gasteiger partial charge on any atom is -0.452 e. The summed E-state index contributed by atoms with van der Waals surface area (Å²) in [5, 5.41) is 2.62. The summed E-state index contributed by atoms with van der Waals surface area (Å²) in [6, 6.07) is 6.52. The van der Waals surface area contributed by atoms with Crippen molar-refractivity contribution in [1.29, 1.82) is 0 Å². The van der Waals surface area contributed by atoms with Crippen LogP contribution in [0.5, 0.6) is 0 Å². The largest absolute Gasteiger partial charge is 0.452 e. The van der Waals surface area contributed by atoms with Gasteiger partial charge in [-0.1, -0.05) is 0 Å². The first kappa shape index (κ1) is 20.4. The van der Waals surface area contributed by atoms with Crippen molar-refractivity contribution in [3.63, 3.8) is 0 Å². The molecule has 1 saturated heterocycles. The summed E-state index contributed by atoms with van der Waals surface area (Å²) < 4.78 is 5.06. The van der Waals surface area contributed by atoms with Gasteiger partial charge >= 0.3 is 5.97 Å². The van der Waals surface area contributed by atoms with Gasteiger partial charge in [0, 0.05) is 31.7 Å². The van der Waals surface area contributed by atoms with E-state index in [1.54, 1.807) is 43.0 Å². The Morgan fingerprint density at radius 1 is 1.19 bits per heavy atom. The van der Waals surface area contributed by atoms with Crippen molar-refractivity contribution >= 4 is 29.4 Å². The number of nitrogens with zero attached hydrogens (tertiary/aromatic N) is 2. The van der Waals surface area contributed by atoms with E-state index < -0.39 is 18.5 Å². The van der Waals surface area contributed by atoms with Gasteiger partial charge in [-0.25, -0.2) is 4.79 Å². The number of anilines is 1. The van der Waals surface area contributed by atoms with E-state index in [0.29, 0.717) is 31.6 Å². The van der Waals surface area contributed by atoms with Gasteiger partial charge in [0.15, 0.2) is 6.61 Å². The molecule has 0 aliphatic carbocycles. The number of rotatable bonds is 8. The van der Waals surface area contributed by atoms with Gasteiger partial charge in [0.25, 0.3) is 5.91 Å². The minimum absolute atomic E-state index is 0.0702. The van der Waals surface area contributed by atoms with Crippen molar-refractivity contribution in [2.45, 2.75) is 26.7 Å². The zero-order valence-corrected chi connectivity index (χ0v) is 15.7. The molecular weight excluding hydrogens is 350 g/mol. The van der Waals surface area contributed by atoms with Crippen molar-refractivity contribution in [1.82, 2.24) is 10.2 Å². The van der Waals surface area contributed by atoms with Crippen LogP contribution in [0.3, 0.4) is 0 Å². The monoisotopic (exact) mass is 375 g/mol. The SMILES string of the molecule is CCNC(=O)CN(CC)C(=O)COC(=O)c1ccc(N2CCCC2=O)cc1. The molecule has 3 amide bonds. The molecule has 1 aromatic rings. The molecule has 27 heavy (non-hydrogen) atoms. The quantitative estimate of drug-likeness (QED) is 0.683. The fourth-order valence-corrected chi connectivity index (χ4v) is 2.80. The number of amides is 3. The average Bonchev–Trinajstić information content (AvgIpc) is 3.10. The molecule has 1 aliphatic heterocycles. The molecule has 0 saturated carbocycles. The highest BCUT2D eigenvalue weighted by Gasteiger charge is 2.22. The predicted octanol–water partition coefficient (Wildman–Crippen LogP) is 0.955. The van der Waals surface area contributed by atoms with E-state index in [4.69, 9.17) is 4.74 Å². The third-order valence-electron chi connectivity index (χ3n) is 4.26. The van der Waals surface area contributed by atoms with Gasteiger partial charge in [-0.05, 0) is 44.5 Å². The van der Waals surface area contributed by atoms with E-state index in [1.807, 2.05) is 0 Å². The zero-order chi connectivity index (χ0) is 19.8. The number of carbonyl (C=O) groups excluding carboxylic acids is 4. The maximum atomic E-state index is 12.1.